The van der Waals surface area contributed by atoms with Gasteiger partial charge in [0.05, 0.1) is 34.9 Å². The van der Waals surface area contributed by atoms with Crippen LogP contribution < -0.4 is 10.6 Å². The Labute approximate surface area is 241 Å². The van der Waals surface area contributed by atoms with Crippen LogP contribution >= 0.6 is 11.6 Å². The van der Waals surface area contributed by atoms with Gasteiger partial charge in [-0.15, -0.1) is 5.10 Å². The molecular weight excluding hydrogens is 572 g/mol. The second-order valence-corrected chi connectivity index (χ2v) is 9.24. The van der Waals surface area contributed by atoms with Gasteiger partial charge in [-0.2, -0.15) is 4.39 Å². The van der Waals surface area contributed by atoms with Gasteiger partial charge in [0.2, 0.25) is 5.95 Å². The number of pyridine rings is 2. The van der Waals surface area contributed by atoms with Crippen molar-refractivity contribution >= 4 is 35.1 Å². The molecule has 0 bridgehead atoms. The smallest absolute Gasteiger partial charge is 0.413 e. The molecule has 5 rings (SSSR count). The number of rotatable bonds is 7. The molecule has 42 heavy (non-hydrogen) atoms. The zero-order chi connectivity index (χ0) is 29.8. The molecular formula is C27H20ClF2N9O3. The number of nitrogens with one attached hydrogen (secondary N) is 2. The Kier molecular flexibility index (Phi) is 8.06. The van der Waals surface area contributed by atoms with Gasteiger partial charge >= 0.3 is 6.09 Å². The zero-order valence-electron chi connectivity index (χ0n) is 21.9. The lowest BCUT2D eigenvalue weighted by atomic mass is 10.2. The molecule has 4 heterocycles. The third kappa shape index (κ3) is 6.33. The van der Waals surface area contributed by atoms with Gasteiger partial charge in [0.15, 0.2) is 17.3 Å². The minimum Gasteiger partial charge on any atom is -0.441 e. The van der Waals surface area contributed by atoms with Crippen molar-refractivity contribution < 1.29 is 23.1 Å². The molecule has 0 aliphatic heterocycles. The van der Waals surface area contributed by atoms with Crippen LogP contribution in [0.25, 0.3) is 22.8 Å². The number of carbonyl (C=O) groups is 2. The summed E-state index contributed by atoms with van der Waals surface area (Å²) in [5.41, 5.74) is 1.61. The van der Waals surface area contributed by atoms with Crippen LogP contribution in [-0.4, -0.2) is 46.9 Å². The maximum atomic E-state index is 13.9. The largest absolute Gasteiger partial charge is 0.441 e. The number of aryl methyl sites for hydroxylation is 1. The number of anilines is 2. The molecule has 1 aromatic carbocycles. The summed E-state index contributed by atoms with van der Waals surface area (Å²) in [5, 5.41) is 13.7. The molecule has 0 saturated carbocycles. The molecule has 0 aliphatic rings. The van der Waals surface area contributed by atoms with Crippen LogP contribution in [0.4, 0.5) is 25.1 Å². The number of carbonyl (C=O) groups excluding carboxylic acids is 2. The van der Waals surface area contributed by atoms with E-state index in [1.54, 1.807) is 30.3 Å². The molecule has 1 unspecified atom stereocenters. The fourth-order valence-electron chi connectivity index (χ4n) is 3.78. The van der Waals surface area contributed by atoms with E-state index in [0.29, 0.717) is 27.8 Å². The van der Waals surface area contributed by atoms with Crippen LogP contribution in [0.15, 0.2) is 67.3 Å². The number of amides is 2. The average molecular weight is 592 g/mol. The minimum absolute atomic E-state index is 0.131. The third-order valence-corrected chi connectivity index (χ3v) is 6.10. The van der Waals surface area contributed by atoms with Crippen molar-refractivity contribution in [2.75, 3.05) is 10.6 Å². The summed E-state index contributed by atoms with van der Waals surface area (Å²) in [6.45, 7) is 1.37. The van der Waals surface area contributed by atoms with Crippen molar-refractivity contribution in [3.8, 4) is 22.8 Å². The monoisotopic (exact) mass is 591 g/mol. The lowest BCUT2D eigenvalue weighted by Gasteiger charge is -2.15. The van der Waals surface area contributed by atoms with E-state index in [-0.39, 0.29) is 22.6 Å². The van der Waals surface area contributed by atoms with E-state index >= 15 is 0 Å². The number of benzene rings is 1. The van der Waals surface area contributed by atoms with Gasteiger partial charge in [-0.1, -0.05) is 28.9 Å². The fourth-order valence-corrected chi connectivity index (χ4v) is 3.97. The van der Waals surface area contributed by atoms with E-state index in [1.165, 1.54) is 37.2 Å². The maximum absolute atomic E-state index is 13.9. The van der Waals surface area contributed by atoms with Gasteiger partial charge in [0, 0.05) is 30.0 Å². The number of nitrogens with zero attached hydrogens (tertiary/aromatic N) is 7. The molecule has 0 radical (unpaired) electrons. The van der Waals surface area contributed by atoms with E-state index in [1.807, 2.05) is 6.07 Å². The summed E-state index contributed by atoms with van der Waals surface area (Å²) in [6.07, 6.45) is 2.81. The summed E-state index contributed by atoms with van der Waals surface area (Å²) in [7, 11) is 1.53. The minimum atomic E-state index is -1.14. The number of hydrogen-bond acceptors (Lipinski definition) is 9. The summed E-state index contributed by atoms with van der Waals surface area (Å²) >= 11 is 6.02. The first-order valence-corrected chi connectivity index (χ1v) is 12.6. The van der Waals surface area contributed by atoms with Crippen molar-refractivity contribution in [2.45, 2.75) is 13.0 Å². The van der Waals surface area contributed by atoms with E-state index < -0.39 is 29.9 Å². The van der Waals surface area contributed by atoms with Crippen molar-refractivity contribution in [2.24, 2.45) is 7.05 Å². The fraction of sp³-hybridized carbons (Fsp3) is 0.111. The molecule has 15 heteroatoms. The molecule has 5 aromatic rings. The van der Waals surface area contributed by atoms with Gasteiger partial charge in [-0.05, 0) is 37.3 Å². The number of halogens is 3. The highest BCUT2D eigenvalue weighted by Crippen LogP contribution is 2.26. The van der Waals surface area contributed by atoms with Crippen molar-refractivity contribution in [1.29, 1.82) is 0 Å². The highest BCUT2D eigenvalue weighted by Gasteiger charge is 2.21. The quantitative estimate of drug-likeness (QED) is 0.243. The molecule has 1 atom stereocenters. The average Bonchev–Trinajstić information content (AvgIpc) is 3.34. The normalized spacial score (nSPS) is 11.5. The van der Waals surface area contributed by atoms with Crippen LogP contribution in [0.2, 0.25) is 5.02 Å². The Morgan fingerprint density at radius 2 is 1.76 bits per heavy atom. The Morgan fingerprint density at radius 3 is 2.48 bits per heavy atom. The Hall–Kier alpha value is -5.37. The summed E-state index contributed by atoms with van der Waals surface area (Å²) in [4.78, 5) is 41.3. The van der Waals surface area contributed by atoms with Crippen LogP contribution in [0.1, 0.15) is 28.9 Å². The molecule has 12 nitrogen and oxygen atoms in total. The molecule has 0 fully saturated rings. The highest BCUT2D eigenvalue weighted by molar-refractivity contribution is 6.30. The van der Waals surface area contributed by atoms with Gasteiger partial charge < -0.3 is 10.1 Å². The topological polar surface area (TPSA) is 150 Å². The predicted molar refractivity (Wildman–Crippen MR) is 147 cm³/mol. The molecule has 0 spiro atoms. The summed E-state index contributed by atoms with van der Waals surface area (Å²) in [5.74, 6) is -1.63. The van der Waals surface area contributed by atoms with E-state index in [2.05, 4.69) is 40.9 Å². The van der Waals surface area contributed by atoms with Crippen LogP contribution in [-0.2, 0) is 11.8 Å². The van der Waals surface area contributed by atoms with Gasteiger partial charge in [0.1, 0.15) is 11.9 Å². The number of ether oxygens (including phenoxy) is 1. The van der Waals surface area contributed by atoms with Gasteiger partial charge in [-0.25, -0.2) is 28.8 Å². The third-order valence-electron chi connectivity index (χ3n) is 5.86. The lowest BCUT2D eigenvalue weighted by Crippen LogP contribution is -2.19. The van der Waals surface area contributed by atoms with Gasteiger partial charge in [0.25, 0.3) is 5.91 Å². The van der Waals surface area contributed by atoms with Crippen molar-refractivity contribution in [3.05, 3.63) is 95.2 Å². The number of aromatic nitrogens is 7. The second-order valence-electron chi connectivity index (χ2n) is 8.81. The van der Waals surface area contributed by atoms with Crippen molar-refractivity contribution in [3.63, 3.8) is 0 Å². The Morgan fingerprint density at radius 1 is 0.976 bits per heavy atom. The first kappa shape index (κ1) is 28.2. The summed E-state index contributed by atoms with van der Waals surface area (Å²) < 4.78 is 33.9. The van der Waals surface area contributed by atoms with E-state index in [0.717, 1.165) is 12.3 Å². The molecule has 4 aromatic heterocycles. The molecule has 0 aliphatic carbocycles. The molecule has 2 N–H and O–H groups in total. The first-order chi connectivity index (χ1) is 20.2. The highest BCUT2D eigenvalue weighted by atomic mass is 35.5. The Balaban J connectivity index is 1.24. The molecule has 2 amide bonds. The van der Waals surface area contributed by atoms with Crippen LogP contribution in [0.5, 0.6) is 0 Å². The second kappa shape index (κ2) is 12.0. The van der Waals surface area contributed by atoms with Crippen LogP contribution in [0.3, 0.4) is 0 Å². The SMILES string of the molecule is CC(OC(=O)Nc1c(-c2ccc(NC(=O)c3cnc(-c4cccc(Cl)c4)nc3)cn2)nnn1C)c1cc(F)cnc1F. The maximum Gasteiger partial charge on any atom is 0.413 e. The van der Waals surface area contributed by atoms with Crippen molar-refractivity contribution in [1.82, 2.24) is 34.9 Å². The molecule has 0 saturated heterocycles. The summed E-state index contributed by atoms with van der Waals surface area (Å²) in [6, 6.07) is 11.1. The lowest BCUT2D eigenvalue weighted by molar-refractivity contribution is 0.102. The number of hydrogen-bond donors (Lipinski definition) is 2. The first-order valence-electron chi connectivity index (χ1n) is 12.2. The molecule has 212 valence electrons. The predicted octanol–water partition coefficient (Wildman–Crippen LogP) is 5.22. The standard InChI is InChI=1S/C27H20ClF2N9O3/c1-14(20-9-18(29)12-32-23(20)30)42-27(41)36-25-22(37-38-39(25)2)21-7-6-19(13-31-21)35-26(40)16-10-33-24(34-11-16)15-4-3-5-17(28)8-15/h3-14H,1-2H3,(H,35,40)(H,36,41). The zero-order valence-corrected chi connectivity index (χ0v) is 22.7. The van der Waals surface area contributed by atoms with Crippen LogP contribution in [0, 0.1) is 11.8 Å². The van der Waals surface area contributed by atoms with Gasteiger partial charge in [-0.3, -0.25) is 15.1 Å². The van der Waals surface area contributed by atoms with E-state index in [9.17, 15) is 18.4 Å². The van der Waals surface area contributed by atoms with E-state index in [4.69, 9.17) is 16.3 Å². The Bertz CT molecular complexity index is 1770.